The Hall–Kier alpha value is -0.560. The van der Waals surface area contributed by atoms with Crippen molar-refractivity contribution in [3.63, 3.8) is 0 Å². The van der Waals surface area contributed by atoms with Gasteiger partial charge in [0.2, 0.25) is 0 Å². The first-order valence-corrected chi connectivity index (χ1v) is 6.81. The number of rotatable bonds is 6. The van der Waals surface area contributed by atoms with Gasteiger partial charge in [0.1, 0.15) is 10.0 Å². The van der Waals surface area contributed by atoms with Gasteiger partial charge in [-0.2, -0.15) is 0 Å². The molecule has 2 rings (SSSR count). The third kappa shape index (κ3) is 3.99. The van der Waals surface area contributed by atoms with E-state index >= 15 is 0 Å². The summed E-state index contributed by atoms with van der Waals surface area (Å²) >= 11 is 1.72. The molecule has 1 aliphatic rings. The Balaban J connectivity index is 1.78. The van der Waals surface area contributed by atoms with Crippen LogP contribution in [-0.2, 0) is 16.0 Å². The van der Waals surface area contributed by atoms with E-state index in [0.29, 0.717) is 5.92 Å². The normalized spacial score (nSPS) is 17.5. The van der Waals surface area contributed by atoms with Gasteiger partial charge in [0.05, 0.1) is 6.61 Å². The molecule has 1 aromatic rings. The fraction of sp³-hybridized carbons (Fsp3) is 0.818. The van der Waals surface area contributed by atoms with Crippen molar-refractivity contribution in [1.29, 1.82) is 0 Å². The predicted octanol–water partition coefficient (Wildman–Crippen LogP) is 1.17. The van der Waals surface area contributed by atoms with Gasteiger partial charge in [-0.3, -0.25) is 0 Å². The molecule has 0 radical (unpaired) electrons. The first kappa shape index (κ1) is 12.9. The number of ether oxygens (including phenoxy) is 2. The van der Waals surface area contributed by atoms with E-state index < -0.39 is 0 Å². The standard InChI is InChI=1S/C11H19N3O2S/c1-15-7-4-12-8-10-13-14-11(17-10)9-2-5-16-6-3-9/h9,12H,2-8H2,1H3. The summed E-state index contributed by atoms with van der Waals surface area (Å²) in [6.45, 7) is 4.07. The van der Waals surface area contributed by atoms with E-state index in [0.717, 1.165) is 55.8 Å². The van der Waals surface area contributed by atoms with Crippen LogP contribution >= 0.6 is 11.3 Å². The number of nitrogens with one attached hydrogen (secondary N) is 1. The van der Waals surface area contributed by atoms with Crippen LogP contribution in [0, 0.1) is 0 Å². The first-order chi connectivity index (χ1) is 8.40. The Bertz CT molecular complexity index is 326. The Morgan fingerprint density at radius 3 is 3.00 bits per heavy atom. The molecule has 1 saturated heterocycles. The van der Waals surface area contributed by atoms with Crippen LogP contribution in [0.5, 0.6) is 0 Å². The maximum Gasteiger partial charge on any atom is 0.131 e. The Morgan fingerprint density at radius 2 is 2.24 bits per heavy atom. The average molecular weight is 257 g/mol. The van der Waals surface area contributed by atoms with Crippen molar-refractivity contribution >= 4 is 11.3 Å². The molecule has 1 N–H and O–H groups in total. The van der Waals surface area contributed by atoms with E-state index in [-0.39, 0.29) is 0 Å². The molecule has 0 unspecified atom stereocenters. The minimum absolute atomic E-state index is 0.550. The SMILES string of the molecule is COCCNCc1nnc(C2CCOCC2)s1. The molecular weight excluding hydrogens is 238 g/mol. The molecule has 6 heteroatoms. The lowest BCUT2D eigenvalue weighted by Gasteiger charge is -2.18. The number of methoxy groups -OCH3 is 1. The summed E-state index contributed by atoms with van der Waals surface area (Å²) in [7, 11) is 1.70. The highest BCUT2D eigenvalue weighted by Crippen LogP contribution is 2.28. The molecule has 5 nitrogen and oxygen atoms in total. The Labute approximate surface area is 106 Å². The Kier molecular flexibility index (Phi) is 5.31. The van der Waals surface area contributed by atoms with Gasteiger partial charge in [-0.25, -0.2) is 0 Å². The van der Waals surface area contributed by atoms with Crippen molar-refractivity contribution < 1.29 is 9.47 Å². The smallest absolute Gasteiger partial charge is 0.131 e. The van der Waals surface area contributed by atoms with Gasteiger partial charge in [0, 0.05) is 39.3 Å². The second-order valence-electron chi connectivity index (χ2n) is 4.09. The average Bonchev–Trinajstić information content (AvgIpc) is 2.85. The lowest BCUT2D eigenvalue weighted by atomic mass is 10.0. The van der Waals surface area contributed by atoms with E-state index in [2.05, 4.69) is 15.5 Å². The van der Waals surface area contributed by atoms with Crippen molar-refractivity contribution in [3.05, 3.63) is 10.0 Å². The Morgan fingerprint density at radius 1 is 1.41 bits per heavy atom. The van der Waals surface area contributed by atoms with Crippen LogP contribution in [0.1, 0.15) is 28.8 Å². The highest BCUT2D eigenvalue weighted by molar-refractivity contribution is 7.11. The van der Waals surface area contributed by atoms with Crippen molar-refractivity contribution in [3.8, 4) is 0 Å². The van der Waals surface area contributed by atoms with Crippen molar-refractivity contribution in [2.75, 3.05) is 33.5 Å². The van der Waals surface area contributed by atoms with E-state index in [1.165, 1.54) is 0 Å². The molecule has 96 valence electrons. The second kappa shape index (κ2) is 7.00. The summed E-state index contributed by atoms with van der Waals surface area (Å²) in [6, 6.07) is 0. The number of hydrogen-bond donors (Lipinski definition) is 1. The molecule has 1 aliphatic heterocycles. The molecule has 0 aliphatic carbocycles. The van der Waals surface area contributed by atoms with Gasteiger partial charge in [-0.15, -0.1) is 10.2 Å². The lowest BCUT2D eigenvalue weighted by molar-refractivity contribution is 0.0851. The molecule has 0 atom stereocenters. The zero-order chi connectivity index (χ0) is 11.9. The van der Waals surface area contributed by atoms with Crippen LogP contribution in [0.15, 0.2) is 0 Å². The molecule has 0 saturated carbocycles. The monoisotopic (exact) mass is 257 g/mol. The molecule has 17 heavy (non-hydrogen) atoms. The van der Waals surface area contributed by atoms with Gasteiger partial charge >= 0.3 is 0 Å². The summed E-state index contributed by atoms with van der Waals surface area (Å²) in [5.74, 6) is 0.550. The van der Waals surface area contributed by atoms with Crippen LogP contribution in [-0.4, -0.2) is 43.7 Å². The predicted molar refractivity (Wildman–Crippen MR) is 66.3 cm³/mol. The molecule has 1 fully saturated rings. The largest absolute Gasteiger partial charge is 0.383 e. The van der Waals surface area contributed by atoms with Crippen LogP contribution in [0.25, 0.3) is 0 Å². The van der Waals surface area contributed by atoms with Crippen molar-refractivity contribution in [1.82, 2.24) is 15.5 Å². The van der Waals surface area contributed by atoms with Crippen LogP contribution in [0.2, 0.25) is 0 Å². The molecule has 0 aromatic carbocycles. The molecule has 1 aromatic heterocycles. The molecule has 2 heterocycles. The van der Waals surface area contributed by atoms with E-state index in [1.807, 2.05) is 0 Å². The summed E-state index contributed by atoms with van der Waals surface area (Å²) in [6.07, 6.45) is 2.15. The lowest BCUT2D eigenvalue weighted by Crippen LogP contribution is -2.18. The summed E-state index contributed by atoms with van der Waals surface area (Å²) in [4.78, 5) is 0. The third-order valence-electron chi connectivity index (χ3n) is 2.81. The fourth-order valence-corrected chi connectivity index (χ4v) is 2.80. The molecule has 0 spiro atoms. The zero-order valence-electron chi connectivity index (χ0n) is 10.1. The van der Waals surface area contributed by atoms with E-state index in [9.17, 15) is 0 Å². The molecular formula is C11H19N3O2S. The van der Waals surface area contributed by atoms with E-state index in [1.54, 1.807) is 18.4 Å². The number of hydrogen-bond acceptors (Lipinski definition) is 6. The van der Waals surface area contributed by atoms with Crippen molar-refractivity contribution in [2.45, 2.75) is 25.3 Å². The summed E-state index contributed by atoms with van der Waals surface area (Å²) in [5.41, 5.74) is 0. The summed E-state index contributed by atoms with van der Waals surface area (Å²) in [5, 5.41) is 14.0. The minimum atomic E-state index is 0.550. The van der Waals surface area contributed by atoms with Crippen LogP contribution < -0.4 is 5.32 Å². The van der Waals surface area contributed by atoms with Gasteiger partial charge in [-0.1, -0.05) is 11.3 Å². The molecule has 0 bridgehead atoms. The highest BCUT2D eigenvalue weighted by Gasteiger charge is 2.19. The van der Waals surface area contributed by atoms with Gasteiger partial charge in [0.15, 0.2) is 0 Å². The quantitative estimate of drug-likeness (QED) is 0.775. The van der Waals surface area contributed by atoms with Gasteiger partial charge in [0.25, 0.3) is 0 Å². The topological polar surface area (TPSA) is 56.3 Å². The van der Waals surface area contributed by atoms with Gasteiger partial charge in [-0.05, 0) is 12.8 Å². The summed E-state index contributed by atoms with van der Waals surface area (Å²) < 4.78 is 10.3. The van der Waals surface area contributed by atoms with Crippen LogP contribution in [0.3, 0.4) is 0 Å². The highest BCUT2D eigenvalue weighted by atomic mass is 32.1. The van der Waals surface area contributed by atoms with Gasteiger partial charge < -0.3 is 14.8 Å². The van der Waals surface area contributed by atoms with Crippen molar-refractivity contribution in [2.24, 2.45) is 0 Å². The van der Waals surface area contributed by atoms with Crippen LogP contribution in [0.4, 0.5) is 0 Å². The minimum Gasteiger partial charge on any atom is -0.383 e. The fourth-order valence-electron chi connectivity index (χ4n) is 1.82. The first-order valence-electron chi connectivity index (χ1n) is 6.00. The zero-order valence-corrected chi connectivity index (χ0v) is 11.0. The molecule has 0 amide bonds. The second-order valence-corrected chi connectivity index (χ2v) is 5.18. The number of nitrogens with zero attached hydrogens (tertiary/aromatic N) is 2. The van der Waals surface area contributed by atoms with E-state index in [4.69, 9.17) is 9.47 Å². The maximum absolute atomic E-state index is 5.35. The maximum atomic E-state index is 5.35. The number of aromatic nitrogens is 2. The third-order valence-corrected chi connectivity index (χ3v) is 3.90.